The summed E-state index contributed by atoms with van der Waals surface area (Å²) < 4.78 is 5.10. The molecule has 0 aromatic heterocycles. The first kappa shape index (κ1) is 15.5. The Kier molecular flexibility index (Phi) is 5.79. The van der Waals surface area contributed by atoms with Crippen molar-refractivity contribution in [1.82, 2.24) is 0 Å². The highest BCUT2D eigenvalue weighted by molar-refractivity contribution is 5.92. The van der Waals surface area contributed by atoms with Gasteiger partial charge < -0.3 is 20.7 Å². The number of hydrogen-bond donors (Lipinski definition) is 2. The molecule has 0 aliphatic heterocycles. The number of rotatable bonds is 6. The monoisotopic (exact) mass is 265 g/mol. The highest BCUT2D eigenvalue weighted by Crippen LogP contribution is 2.21. The molecule has 1 unspecified atom stereocenters. The maximum absolute atomic E-state index is 11.9. The number of methoxy groups -OCH3 is 1. The molecule has 1 atom stereocenters. The summed E-state index contributed by atoms with van der Waals surface area (Å²) in [7, 11) is 5.52. The molecule has 0 saturated heterocycles. The first-order chi connectivity index (χ1) is 8.97. The Bertz CT molecular complexity index is 429. The van der Waals surface area contributed by atoms with Gasteiger partial charge in [0, 0.05) is 39.1 Å². The van der Waals surface area contributed by atoms with Crippen molar-refractivity contribution >= 4 is 17.3 Å². The normalized spacial score (nSPS) is 12.1. The van der Waals surface area contributed by atoms with Crippen LogP contribution in [0.2, 0.25) is 0 Å². The lowest BCUT2D eigenvalue weighted by Gasteiger charge is -2.16. The number of ether oxygens (including phenoxy) is 1. The van der Waals surface area contributed by atoms with Gasteiger partial charge in [-0.1, -0.05) is 0 Å². The predicted octanol–water partition coefficient (Wildman–Crippen LogP) is 1.36. The molecule has 5 heteroatoms. The van der Waals surface area contributed by atoms with E-state index < -0.39 is 0 Å². The van der Waals surface area contributed by atoms with E-state index in [4.69, 9.17) is 10.5 Å². The Balaban J connectivity index is 2.69. The molecule has 0 aliphatic rings. The van der Waals surface area contributed by atoms with E-state index >= 15 is 0 Å². The van der Waals surface area contributed by atoms with Gasteiger partial charge in [-0.15, -0.1) is 0 Å². The molecule has 0 radical (unpaired) electrons. The number of amides is 1. The van der Waals surface area contributed by atoms with E-state index in [2.05, 4.69) is 5.32 Å². The lowest BCUT2D eigenvalue weighted by Crippen LogP contribution is -2.28. The molecule has 1 rings (SSSR count). The molecule has 0 fully saturated rings. The summed E-state index contributed by atoms with van der Waals surface area (Å²) >= 11 is 0. The van der Waals surface area contributed by atoms with Gasteiger partial charge in [-0.05, 0) is 30.7 Å². The first-order valence-electron chi connectivity index (χ1n) is 6.28. The minimum Gasteiger partial charge on any atom is -0.380 e. The van der Waals surface area contributed by atoms with Gasteiger partial charge in [0.05, 0.1) is 12.5 Å². The molecule has 0 saturated carbocycles. The average Bonchev–Trinajstić information content (AvgIpc) is 2.38. The van der Waals surface area contributed by atoms with Crippen LogP contribution in [0.3, 0.4) is 0 Å². The number of hydrogen-bond acceptors (Lipinski definition) is 4. The van der Waals surface area contributed by atoms with E-state index in [1.807, 2.05) is 44.1 Å². The highest BCUT2D eigenvalue weighted by atomic mass is 16.5. The van der Waals surface area contributed by atoms with Crippen molar-refractivity contribution in [3.63, 3.8) is 0 Å². The highest BCUT2D eigenvalue weighted by Gasteiger charge is 2.12. The second-order valence-electron chi connectivity index (χ2n) is 4.74. The molecule has 1 amide bonds. The maximum atomic E-state index is 11.9. The Labute approximate surface area is 114 Å². The molecular weight excluding hydrogens is 242 g/mol. The van der Waals surface area contributed by atoms with Gasteiger partial charge >= 0.3 is 0 Å². The van der Waals surface area contributed by atoms with E-state index in [0.717, 1.165) is 16.9 Å². The average molecular weight is 265 g/mol. The largest absolute Gasteiger partial charge is 0.380 e. The third-order valence-electron chi connectivity index (χ3n) is 3.01. The summed E-state index contributed by atoms with van der Waals surface area (Å²) in [5, 5.41) is 2.88. The van der Waals surface area contributed by atoms with E-state index in [1.54, 1.807) is 7.11 Å². The number of carbonyl (C=O) groups is 1. The molecule has 0 spiro atoms. The topological polar surface area (TPSA) is 67.6 Å². The zero-order valence-corrected chi connectivity index (χ0v) is 12.1. The summed E-state index contributed by atoms with van der Waals surface area (Å²) in [5.41, 5.74) is 8.45. The van der Waals surface area contributed by atoms with Crippen LogP contribution in [0.1, 0.15) is 12.0 Å². The van der Waals surface area contributed by atoms with Crippen LogP contribution in [0.25, 0.3) is 0 Å². The van der Waals surface area contributed by atoms with Crippen molar-refractivity contribution in [3.8, 4) is 0 Å². The lowest BCUT2D eigenvalue weighted by molar-refractivity contribution is -0.118. The van der Waals surface area contributed by atoms with E-state index in [9.17, 15) is 4.79 Å². The summed E-state index contributed by atoms with van der Waals surface area (Å²) in [6, 6.07) is 5.92. The van der Waals surface area contributed by atoms with Crippen molar-refractivity contribution in [2.75, 3.05) is 38.0 Å². The Morgan fingerprint density at radius 2 is 2.16 bits per heavy atom. The summed E-state index contributed by atoms with van der Waals surface area (Å²) in [6.45, 7) is 2.31. The first-order valence-corrected chi connectivity index (χ1v) is 6.28. The lowest BCUT2D eigenvalue weighted by atomic mass is 10.1. The second-order valence-corrected chi connectivity index (χ2v) is 4.74. The van der Waals surface area contributed by atoms with Crippen LogP contribution in [0.5, 0.6) is 0 Å². The zero-order chi connectivity index (χ0) is 14.4. The minimum absolute atomic E-state index is 0.0852. The van der Waals surface area contributed by atoms with Gasteiger partial charge in [-0.3, -0.25) is 4.79 Å². The fourth-order valence-electron chi connectivity index (χ4n) is 1.74. The molecule has 3 N–H and O–H groups in total. The van der Waals surface area contributed by atoms with Gasteiger partial charge in [-0.25, -0.2) is 0 Å². The molecule has 19 heavy (non-hydrogen) atoms. The fraction of sp³-hybridized carbons (Fsp3) is 0.500. The van der Waals surface area contributed by atoms with Crippen molar-refractivity contribution in [2.45, 2.75) is 19.4 Å². The van der Waals surface area contributed by atoms with Gasteiger partial charge in [0.1, 0.15) is 0 Å². The fourth-order valence-corrected chi connectivity index (χ4v) is 1.74. The van der Waals surface area contributed by atoms with E-state index in [1.165, 1.54) is 0 Å². The van der Waals surface area contributed by atoms with Crippen LogP contribution in [-0.4, -0.2) is 39.8 Å². The number of nitrogens with two attached hydrogens (primary N) is 1. The molecule has 106 valence electrons. The van der Waals surface area contributed by atoms with E-state index in [0.29, 0.717) is 6.54 Å². The van der Waals surface area contributed by atoms with Crippen molar-refractivity contribution in [1.29, 1.82) is 0 Å². The molecule has 0 bridgehead atoms. The third-order valence-corrected chi connectivity index (χ3v) is 3.01. The van der Waals surface area contributed by atoms with Crippen LogP contribution >= 0.6 is 0 Å². The standard InChI is InChI=1S/C14H23N3O2/c1-10-7-11(17(2)3)5-6-13(10)16-14(18)8-12(9-15)19-4/h5-7,12H,8-9,15H2,1-4H3,(H,16,18). The molecule has 0 heterocycles. The summed E-state index contributed by atoms with van der Waals surface area (Å²) in [5.74, 6) is -0.0852. The number of benzene rings is 1. The zero-order valence-electron chi connectivity index (χ0n) is 12.1. The van der Waals surface area contributed by atoms with Crippen LogP contribution in [-0.2, 0) is 9.53 Å². The Hall–Kier alpha value is -1.59. The number of nitrogens with zero attached hydrogens (tertiary/aromatic N) is 1. The number of nitrogens with one attached hydrogen (secondary N) is 1. The quantitative estimate of drug-likeness (QED) is 0.815. The molecular formula is C14H23N3O2. The predicted molar refractivity (Wildman–Crippen MR) is 78.6 cm³/mol. The van der Waals surface area contributed by atoms with Gasteiger partial charge in [0.25, 0.3) is 0 Å². The summed E-state index contributed by atoms with van der Waals surface area (Å²) in [4.78, 5) is 13.9. The molecule has 5 nitrogen and oxygen atoms in total. The van der Waals surface area contributed by atoms with Crippen LogP contribution < -0.4 is 16.0 Å². The Morgan fingerprint density at radius 1 is 1.47 bits per heavy atom. The second kappa shape index (κ2) is 7.11. The molecule has 1 aromatic rings. The van der Waals surface area contributed by atoms with E-state index in [-0.39, 0.29) is 18.4 Å². The summed E-state index contributed by atoms with van der Waals surface area (Å²) in [6.07, 6.45) is 0.0309. The van der Waals surface area contributed by atoms with Crippen molar-refractivity contribution < 1.29 is 9.53 Å². The van der Waals surface area contributed by atoms with Crippen molar-refractivity contribution in [3.05, 3.63) is 23.8 Å². The van der Waals surface area contributed by atoms with Crippen LogP contribution in [0, 0.1) is 6.92 Å². The molecule has 1 aromatic carbocycles. The van der Waals surface area contributed by atoms with Crippen LogP contribution in [0.4, 0.5) is 11.4 Å². The van der Waals surface area contributed by atoms with Crippen LogP contribution in [0.15, 0.2) is 18.2 Å². The number of anilines is 2. The number of carbonyl (C=O) groups excluding carboxylic acids is 1. The van der Waals surface area contributed by atoms with Gasteiger partial charge in [-0.2, -0.15) is 0 Å². The van der Waals surface area contributed by atoms with Crippen molar-refractivity contribution in [2.24, 2.45) is 5.73 Å². The smallest absolute Gasteiger partial charge is 0.227 e. The number of aryl methyl sites for hydroxylation is 1. The van der Waals surface area contributed by atoms with Gasteiger partial charge in [0.15, 0.2) is 0 Å². The SMILES string of the molecule is COC(CN)CC(=O)Nc1ccc(N(C)C)cc1C. The molecule has 0 aliphatic carbocycles. The minimum atomic E-state index is -0.235. The third kappa shape index (κ3) is 4.54. The Morgan fingerprint density at radius 3 is 2.63 bits per heavy atom. The van der Waals surface area contributed by atoms with Gasteiger partial charge in [0.2, 0.25) is 5.91 Å². The maximum Gasteiger partial charge on any atom is 0.227 e.